The highest BCUT2D eigenvalue weighted by Crippen LogP contribution is 2.11. The number of hydrogen-bond donors (Lipinski definition) is 0. The maximum atomic E-state index is 5.42. The molecule has 0 unspecified atom stereocenters. The Morgan fingerprint density at radius 3 is 0.950 bits per heavy atom. The monoisotopic (exact) mass is 330 g/mol. The zero-order valence-corrected chi connectivity index (χ0v) is 15.9. The summed E-state index contributed by atoms with van der Waals surface area (Å²) in [4.78, 5) is 0. The van der Waals surface area contributed by atoms with Crippen LogP contribution in [0, 0.1) is 0 Å². The molecule has 124 valence electrons. The zero-order chi connectivity index (χ0) is 15.9. The summed E-state index contributed by atoms with van der Waals surface area (Å²) in [6, 6.07) is 0. The van der Waals surface area contributed by atoms with Crippen molar-refractivity contribution in [1.29, 1.82) is 0 Å². The molecule has 0 heterocycles. The third kappa shape index (κ3) is 10.9. The van der Waals surface area contributed by atoms with Crippen LogP contribution in [0.4, 0.5) is 0 Å². The fourth-order valence-corrected chi connectivity index (χ4v) is 3.74. The quantitative estimate of drug-likeness (QED) is 0.528. The minimum Gasteiger partial charge on any atom is -0.379 e. The Balaban J connectivity index is 0. The lowest BCUT2D eigenvalue weighted by molar-refractivity contribution is -0.0247. The van der Waals surface area contributed by atoms with Gasteiger partial charge in [-0.1, -0.05) is 0 Å². The third-order valence-electron chi connectivity index (χ3n) is 1.86. The highest BCUT2D eigenvalue weighted by atomic mass is 28.4. The van der Waals surface area contributed by atoms with E-state index in [0.717, 1.165) is 0 Å². The molecule has 0 spiro atoms. The molecule has 0 aromatic carbocycles. The fourth-order valence-electron chi connectivity index (χ4n) is 1.25. The van der Waals surface area contributed by atoms with Crippen molar-refractivity contribution in [3.05, 3.63) is 0 Å². The Morgan fingerprint density at radius 2 is 0.850 bits per heavy atom. The summed E-state index contributed by atoms with van der Waals surface area (Å²) in [7, 11) is 0.253. The van der Waals surface area contributed by atoms with Crippen LogP contribution in [0.15, 0.2) is 0 Å². The minimum absolute atomic E-state index is 0.548. The van der Waals surface area contributed by atoms with Gasteiger partial charge >= 0.3 is 18.6 Å². The predicted octanol–water partition coefficient (Wildman–Crippen LogP) is 1.21. The first-order chi connectivity index (χ1) is 9.59. The van der Waals surface area contributed by atoms with Crippen LogP contribution >= 0.6 is 0 Å². The molecule has 0 aliphatic rings. The molecule has 9 heteroatoms. The maximum absolute atomic E-state index is 5.42. The molecule has 0 aromatic heterocycles. The van der Waals surface area contributed by atoms with Crippen molar-refractivity contribution in [2.45, 2.75) is 27.7 Å². The smallest absolute Gasteiger partial charge is 0.379 e. The highest BCUT2D eigenvalue weighted by molar-refractivity contribution is 6.53. The van der Waals surface area contributed by atoms with Crippen LogP contribution in [0.1, 0.15) is 27.7 Å². The molecule has 0 saturated carbocycles. The van der Waals surface area contributed by atoms with Gasteiger partial charge in [-0.25, -0.2) is 0 Å². The van der Waals surface area contributed by atoms with Gasteiger partial charge in [0.25, 0.3) is 0 Å². The van der Waals surface area contributed by atoms with Crippen molar-refractivity contribution in [3.63, 3.8) is 0 Å². The Kier molecular flexibility index (Phi) is 17.4. The van der Waals surface area contributed by atoms with Crippen molar-refractivity contribution in [3.8, 4) is 0 Å². The molecule has 0 aliphatic carbocycles. The molecule has 0 aromatic rings. The summed E-state index contributed by atoms with van der Waals surface area (Å²) in [5, 5.41) is 0. The van der Waals surface area contributed by atoms with Gasteiger partial charge in [0, 0.05) is 47.8 Å². The van der Waals surface area contributed by atoms with Crippen LogP contribution in [-0.4, -0.2) is 66.3 Å². The standard InChI is InChI=1S/C8H20O4Si.C3H10O3Si/c1-5-9-13(10-6-2,11-7-3)12-8-4;1-4-7(5-2)6-3/h5-8H2,1-4H3;7H,1-3H3. The molecule has 0 rings (SSSR count). The van der Waals surface area contributed by atoms with E-state index in [-0.39, 0.29) is 0 Å². The Morgan fingerprint density at radius 1 is 0.600 bits per heavy atom. The molecule has 0 saturated heterocycles. The van der Waals surface area contributed by atoms with Gasteiger partial charge < -0.3 is 31.0 Å². The second-order valence-electron chi connectivity index (χ2n) is 3.23. The average molecular weight is 331 g/mol. The second kappa shape index (κ2) is 15.5. The lowest BCUT2D eigenvalue weighted by Crippen LogP contribution is -2.49. The van der Waals surface area contributed by atoms with E-state index in [0.29, 0.717) is 26.4 Å². The molecule has 0 N–H and O–H groups in total. The van der Waals surface area contributed by atoms with Gasteiger partial charge in [0.05, 0.1) is 0 Å². The van der Waals surface area contributed by atoms with E-state index in [1.165, 1.54) is 0 Å². The van der Waals surface area contributed by atoms with Crippen LogP contribution in [0.3, 0.4) is 0 Å². The summed E-state index contributed by atoms with van der Waals surface area (Å²) in [6.45, 7) is 9.80. The van der Waals surface area contributed by atoms with Gasteiger partial charge in [-0.2, -0.15) is 0 Å². The summed E-state index contributed by atoms with van der Waals surface area (Å²) >= 11 is 0. The first-order valence-electron chi connectivity index (χ1n) is 6.73. The molecule has 7 nitrogen and oxygen atoms in total. The van der Waals surface area contributed by atoms with Crippen molar-refractivity contribution in [1.82, 2.24) is 0 Å². The number of hydrogen-bond acceptors (Lipinski definition) is 7. The van der Waals surface area contributed by atoms with Crippen LogP contribution < -0.4 is 0 Å². The molecular formula is C11H30O7Si2. The van der Waals surface area contributed by atoms with Crippen molar-refractivity contribution >= 4 is 18.6 Å². The van der Waals surface area contributed by atoms with Gasteiger partial charge in [-0.05, 0) is 27.7 Å². The van der Waals surface area contributed by atoms with E-state index < -0.39 is 18.6 Å². The van der Waals surface area contributed by atoms with E-state index in [4.69, 9.17) is 31.0 Å². The first kappa shape index (κ1) is 22.4. The van der Waals surface area contributed by atoms with Gasteiger partial charge in [-0.3, -0.25) is 0 Å². The first-order valence-corrected chi connectivity index (χ1v) is 9.78. The third-order valence-corrected chi connectivity index (χ3v) is 5.59. The van der Waals surface area contributed by atoms with Gasteiger partial charge in [0.1, 0.15) is 0 Å². The van der Waals surface area contributed by atoms with Crippen molar-refractivity contribution in [2.75, 3.05) is 47.8 Å². The normalized spacial score (nSPS) is 11.4. The van der Waals surface area contributed by atoms with Gasteiger partial charge in [0.2, 0.25) is 0 Å². The average Bonchev–Trinajstić information content (AvgIpc) is 2.43. The van der Waals surface area contributed by atoms with Crippen molar-refractivity contribution < 1.29 is 31.0 Å². The Bertz CT molecular complexity index is 159. The summed E-state index contributed by atoms with van der Waals surface area (Å²) < 4.78 is 35.9. The molecule has 0 fully saturated rings. The molecule has 20 heavy (non-hydrogen) atoms. The SMILES string of the molecule is CCO[Si](OCC)(OCC)OCC.CO[SiH](OC)OC. The zero-order valence-electron chi connectivity index (χ0n) is 13.8. The molecule has 0 atom stereocenters. The molecule has 0 radical (unpaired) electrons. The fraction of sp³-hybridized carbons (Fsp3) is 1.00. The summed E-state index contributed by atoms with van der Waals surface area (Å²) in [5.74, 6) is 0. The minimum atomic E-state index is -2.80. The molecule has 0 aliphatic heterocycles. The molecule has 0 amide bonds. The summed E-state index contributed by atoms with van der Waals surface area (Å²) in [6.07, 6.45) is 0. The lowest BCUT2D eigenvalue weighted by atomic mass is 10.9. The maximum Gasteiger partial charge on any atom is 0.679 e. The van der Waals surface area contributed by atoms with E-state index in [2.05, 4.69) is 0 Å². The Hall–Kier alpha value is 0.154. The van der Waals surface area contributed by atoms with E-state index in [1.807, 2.05) is 27.7 Å². The van der Waals surface area contributed by atoms with Crippen LogP contribution in [-0.2, 0) is 31.0 Å². The highest BCUT2D eigenvalue weighted by Gasteiger charge is 2.44. The number of rotatable bonds is 11. The lowest BCUT2D eigenvalue weighted by Gasteiger charge is -2.26. The second-order valence-corrected chi connectivity index (χ2v) is 7.37. The van der Waals surface area contributed by atoms with Crippen molar-refractivity contribution in [2.24, 2.45) is 0 Å². The van der Waals surface area contributed by atoms with Gasteiger partial charge in [0.15, 0.2) is 0 Å². The Labute approximate surface area is 125 Å². The van der Waals surface area contributed by atoms with Crippen LogP contribution in [0.25, 0.3) is 0 Å². The van der Waals surface area contributed by atoms with Crippen LogP contribution in [0.2, 0.25) is 0 Å². The predicted molar refractivity (Wildman–Crippen MR) is 80.4 cm³/mol. The van der Waals surface area contributed by atoms with E-state index in [1.54, 1.807) is 21.3 Å². The van der Waals surface area contributed by atoms with E-state index >= 15 is 0 Å². The van der Waals surface area contributed by atoms with Gasteiger partial charge in [-0.15, -0.1) is 0 Å². The molecule has 0 bridgehead atoms. The molecular weight excluding hydrogens is 300 g/mol. The van der Waals surface area contributed by atoms with Crippen LogP contribution in [0.5, 0.6) is 0 Å². The largest absolute Gasteiger partial charge is 0.679 e. The summed E-state index contributed by atoms with van der Waals surface area (Å²) in [5.41, 5.74) is 0. The topological polar surface area (TPSA) is 64.6 Å². The van der Waals surface area contributed by atoms with E-state index in [9.17, 15) is 0 Å².